The van der Waals surface area contributed by atoms with Crippen molar-refractivity contribution in [1.29, 1.82) is 0 Å². The molecule has 144 valence electrons. The van der Waals surface area contributed by atoms with E-state index in [-0.39, 0.29) is 11.5 Å². The van der Waals surface area contributed by atoms with Crippen LogP contribution in [0.4, 0.5) is 0 Å². The minimum Gasteiger partial charge on any atom is -0.478 e. The molecule has 1 saturated heterocycles. The monoisotopic (exact) mass is 352 g/mol. The summed E-state index contributed by atoms with van der Waals surface area (Å²) in [5.74, 6) is 0.111. The summed E-state index contributed by atoms with van der Waals surface area (Å²) >= 11 is 0. The lowest BCUT2D eigenvalue weighted by Crippen LogP contribution is -2.30. The Kier molecular flexibility index (Phi) is 10.1. The van der Waals surface area contributed by atoms with E-state index in [1.165, 1.54) is 18.9 Å². The van der Waals surface area contributed by atoms with Crippen molar-refractivity contribution in [1.82, 2.24) is 0 Å². The molecule has 0 bridgehead atoms. The number of hydrogen-bond donors (Lipinski definition) is 2. The van der Waals surface area contributed by atoms with Crippen molar-refractivity contribution in [2.75, 3.05) is 13.2 Å². The van der Waals surface area contributed by atoms with Gasteiger partial charge in [-0.25, -0.2) is 4.79 Å². The zero-order chi connectivity index (χ0) is 18.7. The number of hydrogen-bond acceptors (Lipinski definition) is 3. The first-order valence-corrected chi connectivity index (χ1v) is 9.67. The predicted octanol–water partition coefficient (Wildman–Crippen LogP) is 4.58. The van der Waals surface area contributed by atoms with Crippen molar-refractivity contribution in [2.24, 2.45) is 17.3 Å². The van der Waals surface area contributed by atoms with Crippen LogP contribution < -0.4 is 0 Å². The maximum atomic E-state index is 10.6. The molecule has 2 N–H and O–H groups in total. The fraction of sp³-hybridized carbons (Fsp3) is 0.762. The van der Waals surface area contributed by atoms with Crippen LogP contribution in [0.5, 0.6) is 0 Å². The number of carbonyl (C=O) groups is 1. The van der Waals surface area contributed by atoms with Crippen LogP contribution in [0.25, 0.3) is 0 Å². The van der Waals surface area contributed by atoms with Crippen LogP contribution in [0, 0.1) is 17.3 Å². The first-order chi connectivity index (χ1) is 11.9. The molecule has 1 rings (SSSR count). The largest absolute Gasteiger partial charge is 0.478 e. The van der Waals surface area contributed by atoms with Gasteiger partial charge in [0.2, 0.25) is 0 Å². The van der Waals surface area contributed by atoms with Crippen LogP contribution in [0.3, 0.4) is 0 Å². The smallest absolute Gasteiger partial charge is 0.327 e. The number of unbranched alkanes of at least 4 members (excludes halogenated alkanes) is 1. The van der Waals surface area contributed by atoms with Crippen LogP contribution in [-0.2, 0) is 9.53 Å². The Morgan fingerprint density at radius 1 is 1.24 bits per heavy atom. The van der Waals surface area contributed by atoms with Crippen LogP contribution in [0.2, 0.25) is 0 Å². The molecule has 4 heteroatoms. The van der Waals surface area contributed by atoms with Gasteiger partial charge in [-0.3, -0.25) is 0 Å². The molecule has 0 amide bonds. The van der Waals surface area contributed by atoms with Crippen molar-refractivity contribution in [3.05, 3.63) is 24.3 Å². The summed E-state index contributed by atoms with van der Waals surface area (Å²) in [5, 5.41) is 19.1. The molecule has 0 saturated carbocycles. The van der Waals surface area contributed by atoms with Crippen LogP contribution >= 0.6 is 0 Å². The van der Waals surface area contributed by atoms with Gasteiger partial charge < -0.3 is 14.9 Å². The second kappa shape index (κ2) is 11.5. The molecular formula is C21H36O4. The molecule has 0 spiro atoms. The molecule has 0 aliphatic carbocycles. The Hall–Kier alpha value is -1.13. The Balaban J connectivity index is 2.35. The zero-order valence-corrected chi connectivity index (χ0v) is 16.1. The fourth-order valence-corrected chi connectivity index (χ4v) is 3.40. The Bertz CT molecular complexity index is 439. The molecule has 25 heavy (non-hydrogen) atoms. The summed E-state index contributed by atoms with van der Waals surface area (Å²) in [4.78, 5) is 10.4. The Morgan fingerprint density at radius 2 is 1.96 bits per heavy atom. The molecular weight excluding hydrogens is 316 g/mol. The number of aliphatic hydroxyl groups is 1. The summed E-state index contributed by atoms with van der Waals surface area (Å²) in [5.41, 5.74) is -0.0126. The number of allylic oxidation sites excluding steroid dienone is 3. The maximum Gasteiger partial charge on any atom is 0.327 e. The van der Waals surface area contributed by atoms with Gasteiger partial charge in [-0.15, -0.1) is 0 Å². The molecule has 1 aliphatic rings. The molecule has 1 aliphatic heterocycles. The zero-order valence-electron chi connectivity index (χ0n) is 16.1. The molecule has 1 heterocycles. The summed E-state index contributed by atoms with van der Waals surface area (Å²) in [6.45, 7) is 8.11. The quantitative estimate of drug-likeness (QED) is 0.398. The molecule has 0 radical (unpaired) electrons. The van der Waals surface area contributed by atoms with E-state index in [9.17, 15) is 9.90 Å². The first-order valence-electron chi connectivity index (χ1n) is 9.67. The number of ether oxygens (including phenoxy) is 1. The minimum absolute atomic E-state index is 0.0126. The maximum absolute atomic E-state index is 10.6. The lowest BCUT2D eigenvalue weighted by atomic mass is 9.78. The number of aliphatic hydroxyl groups excluding tert-OH is 1. The molecule has 0 aromatic rings. The van der Waals surface area contributed by atoms with Crippen molar-refractivity contribution in [2.45, 2.75) is 71.8 Å². The van der Waals surface area contributed by atoms with E-state index >= 15 is 0 Å². The normalized spacial score (nSPS) is 22.9. The van der Waals surface area contributed by atoms with Gasteiger partial charge in [0.1, 0.15) is 0 Å². The van der Waals surface area contributed by atoms with E-state index < -0.39 is 5.97 Å². The third-order valence-corrected chi connectivity index (χ3v) is 5.36. The second-order valence-corrected chi connectivity index (χ2v) is 7.93. The summed E-state index contributed by atoms with van der Waals surface area (Å²) < 4.78 is 5.65. The van der Waals surface area contributed by atoms with Gasteiger partial charge in [-0.1, -0.05) is 51.8 Å². The first kappa shape index (κ1) is 21.9. The highest BCUT2D eigenvalue weighted by atomic mass is 16.5. The third kappa shape index (κ3) is 8.68. The standard InChI is InChI=1S/C21H36O4/c1-4-5-14-21(2,3)19(22)13-12-18-16-25-15-17(18)10-8-6-7-9-11-20(23)24/h6,8-9,11,17-19,22H,4-5,7,10,12-16H2,1-3H3,(H,23,24)/b8-6?,11-9-/t17-,18+,19?/m1/s1. The number of aliphatic carboxylic acids is 1. The van der Waals surface area contributed by atoms with Crippen LogP contribution in [0.15, 0.2) is 24.3 Å². The minimum atomic E-state index is -0.905. The molecule has 0 aromatic heterocycles. The van der Waals surface area contributed by atoms with Crippen molar-refractivity contribution in [3.63, 3.8) is 0 Å². The SMILES string of the molecule is CCCCC(C)(C)C(O)CC[C@H]1COC[C@H]1CC=CC/C=C\C(=O)O. The van der Waals surface area contributed by atoms with E-state index in [2.05, 4.69) is 26.8 Å². The van der Waals surface area contributed by atoms with Crippen LogP contribution in [0.1, 0.15) is 65.7 Å². The van der Waals surface area contributed by atoms with E-state index in [1.54, 1.807) is 6.08 Å². The van der Waals surface area contributed by atoms with Gasteiger partial charge in [0.25, 0.3) is 0 Å². The van der Waals surface area contributed by atoms with Gasteiger partial charge in [0.05, 0.1) is 12.7 Å². The fourth-order valence-electron chi connectivity index (χ4n) is 3.40. The van der Waals surface area contributed by atoms with E-state index in [0.29, 0.717) is 18.3 Å². The van der Waals surface area contributed by atoms with Crippen LogP contribution in [-0.4, -0.2) is 35.5 Å². The second-order valence-electron chi connectivity index (χ2n) is 7.93. The number of carboxylic acid groups (broad SMARTS) is 1. The van der Waals surface area contributed by atoms with Gasteiger partial charge in [0.15, 0.2) is 0 Å². The highest BCUT2D eigenvalue weighted by Crippen LogP contribution is 2.34. The van der Waals surface area contributed by atoms with Gasteiger partial charge in [0, 0.05) is 12.7 Å². The van der Waals surface area contributed by atoms with Crippen molar-refractivity contribution in [3.8, 4) is 0 Å². The highest BCUT2D eigenvalue weighted by Gasteiger charge is 2.31. The predicted molar refractivity (Wildman–Crippen MR) is 101 cm³/mol. The Labute approximate surface area is 153 Å². The average Bonchev–Trinajstić information content (AvgIpc) is 3.01. The molecule has 4 nitrogen and oxygen atoms in total. The molecule has 3 atom stereocenters. The lowest BCUT2D eigenvalue weighted by molar-refractivity contribution is -0.131. The van der Waals surface area contributed by atoms with E-state index in [0.717, 1.165) is 38.9 Å². The van der Waals surface area contributed by atoms with Gasteiger partial charge in [-0.05, 0) is 49.4 Å². The average molecular weight is 353 g/mol. The Morgan fingerprint density at radius 3 is 2.64 bits per heavy atom. The number of rotatable bonds is 12. The molecule has 1 fully saturated rings. The van der Waals surface area contributed by atoms with E-state index in [4.69, 9.17) is 9.84 Å². The van der Waals surface area contributed by atoms with Crippen molar-refractivity contribution >= 4 is 5.97 Å². The number of carboxylic acids is 1. The topological polar surface area (TPSA) is 66.8 Å². The van der Waals surface area contributed by atoms with Gasteiger partial charge >= 0.3 is 5.97 Å². The lowest BCUT2D eigenvalue weighted by Gasteiger charge is -2.31. The van der Waals surface area contributed by atoms with Crippen molar-refractivity contribution < 1.29 is 19.7 Å². The summed E-state index contributed by atoms with van der Waals surface area (Å²) in [6, 6.07) is 0. The summed E-state index contributed by atoms with van der Waals surface area (Å²) in [7, 11) is 0. The third-order valence-electron chi connectivity index (χ3n) is 5.36. The van der Waals surface area contributed by atoms with Gasteiger partial charge in [-0.2, -0.15) is 0 Å². The van der Waals surface area contributed by atoms with E-state index in [1.807, 2.05) is 6.08 Å². The molecule has 1 unspecified atom stereocenters. The highest BCUT2D eigenvalue weighted by molar-refractivity contribution is 5.79. The molecule has 0 aromatic carbocycles. The summed E-state index contributed by atoms with van der Waals surface area (Å²) in [6.07, 6.45) is 13.6.